The second kappa shape index (κ2) is 7.79. The third kappa shape index (κ3) is 3.99. The zero-order valence-corrected chi connectivity index (χ0v) is 16.1. The van der Waals surface area contributed by atoms with E-state index in [1.807, 2.05) is 49.4 Å². The number of urea groups is 1. The van der Waals surface area contributed by atoms with Gasteiger partial charge in [-0.25, -0.2) is 4.79 Å². The first-order chi connectivity index (χ1) is 14.0. The van der Waals surface area contributed by atoms with Crippen molar-refractivity contribution in [3.05, 3.63) is 76.1 Å². The van der Waals surface area contributed by atoms with Gasteiger partial charge in [-0.05, 0) is 30.7 Å². The van der Waals surface area contributed by atoms with Gasteiger partial charge >= 0.3 is 6.03 Å². The Morgan fingerprint density at radius 3 is 2.41 bits per heavy atom. The summed E-state index contributed by atoms with van der Waals surface area (Å²) < 4.78 is 0. The third-order valence-corrected chi connectivity index (χ3v) is 5.10. The summed E-state index contributed by atoms with van der Waals surface area (Å²) in [6.07, 6.45) is 0. The number of carbonyl (C=O) groups excluding carboxylic acids is 2. The molecule has 0 unspecified atom stereocenters. The number of hydrogen-bond acceptors (Lipinski definition) is 3. The van der Waals surface area contributed by atoms with Crippen molar-refractivity contribution in [3.63, 3.8) is 0 Å². The molecule has 1 aliphatic rings. The number of nitrogens with zero attached hydrogens (tertiary/aromatic N) is 2. The standard InChI is InChI=1S/C22H22N4O3/c1-15-5-4-6-16(13-15)23-22(29)26-11-9-25(10-12-26)21(28)18-14-20(27)24-19-8-3-2-7-17(18)19/h2-8,13-14H,9-12H2,1H3,(H,23,29)(H,24,27). The van der Waals surface area contributed by atoms with Gasteiger partial charge in [0.1, 0.15) is 0 Å². The van der Waals surface area contributed by atoms with Crippen LogP contribution >= 0.6 is 0 Å². The predicted molar refractivity (Wildman–Crippen MR) is 112 cm³/mol. The van der Waals surface area contributed by atoms with E-state index in [1.54, 1.807) is 15.9 Å². The van der Waals surface area contributed by atoms with E-state index < -0.39 is 0 Å². The average Bonchev–Trinajstić information content (AvgIpc) is 2.72. The Morgan fingerprint density at radius 1 is 0.931 bits per heavy atom. The number of aromatic amines is 1. The van der Waals surface area contributed by atoms with E-state index in [0.29, 0.717) is 37.3 Å². The number of piperazine rings is 1. The summed E-state index contributed by atoms with van der Waals surface area (Å²) in [6.45, 7) is 3.68. The van der Waals surface area contributed by atoms with E-state index in [0.717, 1.165) is 16.6 Å². The van der Waals surface area contributed by atoms with E-state index in [2.05, 4.69) is 10.3 Å². The highest BCUT2D eigenvalue weighted by Gasteiger charge is 2.26. The minimum Gasteiger partial charge on any atom is -0.335 e. The molecule has 0 spiro atoms. The molecule has 2 heterocycles. The van der Waals surface area contributed by atoms with Gasteiger partial charge in [0.05, 0.1) is 5.56 Å². The highest BCUT2D eigenvalue weighted by Crippen LogP contribution is 2.18. The number of pyridine rings is 1. The summed E-state index contributed by atoms with van der Waals surface area (Å²) >= 11 is 0. The van der Waals surface area contributed by atoms with Crippen molar-refractivity contribution >= 4 is 28.5 Å². The topological polar surface area (TPSA) is 85.5 Å². The minimum atomic E-state index is -0.303. The average molecular weight is 390 g/mol. The van der Waals surface area contributed by atoms with Gasteiger partial charge < -0.3 is 20.1 Å². The fraction of sp³-hybridized carbons (Fsp3) is 0.227. The van der Waals surface area contributed by atoms with E-state index in [9.17, 15) is 14.4 Å². The molecule has 1 aromatic heterocycles. The van der Waals surface area contributed by atoms with Crippen LogP contribution in [-0.2, 0) is 0 Å². The van der Waals surface area contributed by atoms with Crippen LogP contribution in [0.15, 0.2) is 59.4 Å². The number of aromatic nitrogens is 1. The zero-order chi connectivity index (χ0) is 20.4. The Morgan fingerprint density at radius 2 is 1.66 bits per heavy atom. The Balaban J connectivity index is 1.44. The van der Waals surface area contributed by atoms with Crippen molar-refractivity contribution in [1.82, 2.24) is 14.8 Å². The number of anilines is 1. The number of para-hydroxylation sites is 1. The maximum atomic E-state index is 13.0. The fourth-order valence-corrected chi connectivity index (χ4v) is 3.59. The Bertz CT molecular complexity index is 1130. The summed E-state index contributed by atoms with van der Waals surface area (Å²) in [5.74, 6) is -0.189. The molecule has 0 radical (unpaired) electrons. The number of amides is 3. The molecule has 0 saturated carbocycles. The first-order valence-corrected chi connectivity index (χ1v) is 9.55. The van der Waals surface area contributed by atoms with Crippen molar-refractivity contribution in [2.45, 2.75) is 6.92 Å². The predicted octanol–water partition coefficient (Wildman–Crippen LogP) is 2.83. The first-order valence-electron chi connectivity index (χ1n) is 9.55. The molecule has 3 aromatic rings. The Kier molecular flexibility index (Phi) is 5.03. The van der Waals surface area contributed by atoms with E-state index in [-0.39, 0.29) is 17.5 Å². The van der Waals surface area contributed by atoms with Crippen LogP contribution in [0.5, 0.6) is 0 Å². The van der Waals surface area contributed by atoms with Gasteiger partial charge in [0.15, 0.2) is 0 Å². The molecule has 1 aliphatic heterocycles. The van der Waals surface area contributed by atoms with Crippen molar-refractivity contribution < 1.29 is 9.59 Å². The molecule has 0 atom stereocenters. The normalized spacial score (nSPS) is 14.1. The molecule has 29 heavy (non-hydrogen) atoms. The largest absolute Gasteiger partial charge is 0.335 e. The highest BCUT2D eigenvalue weighted by atomic mass is 16.2. The number of nitrogens with one attached hydrogen (secondary N) is 2. The number of H-pyrrole nitrogens is 1. The molecular weight excluding hydrogens is 368 g/mol. The van der Waals surface area contributed by atoms with Crippen molar-refractivity contribution in [3.8, 4) is 0 Å². The number of hydrogen-bond donors (Lipinski definition) is 2. The molecule has 3 amide bonds. The summed E-state index contributed by atoms with van der Waals surface area (Å²) in [6, 6.07) is 16.1. The molecule has 0 bridgehead atoms. The van der Waals surface area contributed by atoms with Gasteiger partial charge in [0.25, 0.3) is 5.91 Å². The molecule has 7 heteroatoms. The molecule has 2 aromatic carbocycles. The van der Waals surface area contributed by atoms with Crippen molar-refractivity contribution in [2.75, 3.05) is 31.5 Å². The first kappa shape index (κ1) is 18.7. The smallest absolute Gasteiger partial charge is 0.321 e. The van der Waals surface area contributed by atoms with Crippen LogP contribution in [0.4, 0.5) is 10.5 Å². The van der Waals surface area contributed by atoms with Crippen LogP contribution in [0.25, 0.3) is 10.9 Å². The number of aryl methyl sites for hydroxylation is 1. The maximum Gasteiger partial charge on any atom is 0.321 e. The highest BCUT2D eigenvalue weighted by molar-refractivity contribution is 6.06. The van der Waals surface area contributed by atoms with Crippen LogP contribution in [0, 0.1) is 6.92 Å². The second-order valence-corrected chi connectivity index (χ2v) is 7.17. The number of fused-ring (bicyclic) bond motifs is 1. The molecule has 2 N–H and O–H groups in total. The molecule has 0 aliphatic carbocycles. The van der Waals surface area contributed by atoms with E-state index in [4.69, 9.17) is 0 Å². The number of benzene rings is 2. The van der Waals surface area contributed by atoms with E-state index >= 15 is 0 Å². The van der Waals surface area contributed by atoms with Gasteiger partial charge in [-0.2, -0.15) is 0 Å². The molecule has 148 valence electrons. The van der Waals surface area contributed by atoms with Gasteiger partial charge in [0, 0.05) is 48.8 Å². The summed E-state index contributed by atoms with van der Waals surface area (Å²) in [7, 11) is 0. The SMILES string of the molecule is Cc1cccc(NC(=O)N2CCN(C(=O)c3cc(=O)[nH]c4ccccc34)CC2)c1. The van der Waals surface area contributed by atoms with Crippen LogP contribution in [0.3, 0.4) is 0 Å². The van der Waals surface area contributed by atoms with Crippen LogP contribution < -0.4 is 10.9 Å². The second-order valence-electron chi connectivity index (χ2n) is 7.17. The lowest BCUT2D eigenvalue weighted by atomic mass is 10.1. The monoisotopic (exact) mass is 390 g/mol. The van der Waals surface area contributed by atoms with Crippen molar-refractivity contribution in [2.24, 2.45) is 0 Å². The lowest BCUT2D eigenvalue weighted by Gasteiger charge is -2.34. The van der Waals surface area contributed by atoms with E-state index in [1.165, 1.54) is 6.07 Å². The number of carbonyl (C=O) groups is 2. The molecule has 1 fully saturated rings. The van der Waals surface area contributed by atoms with Crippen LogP contribution in [0.1, 0.15) is 15.9 Å². The summed E-state index contributed by atoms with van der Waals surface area (Å²) in [4.78, 5) is 43.6. The molecule has 7 nitrogen and oxygen atoms in total. The summed E-state index contributed by atoms with van der Waals surface area (Å²) in [5.41, 5.74) is 2.55. The summed E-state index contributed by atoms with van der Waals surface area (Å²) in [5, 5.41) is 3.62. The van der Waals surface area contributed by atoms with Crippen LogP contribution in [0.2, 0.25) is 0 Å². The third-order valence-electron chi connectivity index (χ3n) is 5.10. The van der Waals surface area contributed by atoms with Gasteiger partial charge in [-0.3, -0.25) is 9.59 Å². The number of rotatable bonds is 2. The Labute approximate surface area is 167 Å². The molecular formula is C22H22N4O3. The molecule has 4 rings (SSSR count). The van der Waals surface area contributed by atoms with Gasteiger partial charge in [0.2, 0.25) is 5.56 Å². The van der Waals surface area contributed by atoms with Crippen molar-refractivity contribution in [1.29, 1.82) is 0 Å². The fourth-order valence-electron chi connectivity index (χ4n) is 3.59. The quantitative estimate of drug-likeness (QED) is 0.706. The van der Waals surface area contributed by atoms with Crippen LogP contribution in [-0.4, -0.2) is 52.9 Å². The van der Waals surface area contributed by atoms with Gasteiger partial charge in [-0.1, -0.05) is 30.3 Å². The Hall–Kier alpha value is -3.61. The van der Waals surface area contributed by atoms with Gasteiger partial charge in [-0.15, -0.1) is 0 Å². The zero-order valence-electron chi connectivity index (χ0n) is 16.1. The maximum absolute atomic E-state index is 13.0. The lowest BCUT2D eigenvalue weighted by molar-refractivity contribution is 0.0673. The minimum absolute atomic E-state index is 0.177. The lowest BCUT2D eigenvalue weighted by Crippen LogP contribution is -2.51. The molecule has 1 saturated heterocycles.